The molecule has 0 saturated heterocycles. The molecule has 0 saturated carbocycles. The topological polar surface area (TPSA) is 69.1 Å². The maximum Gasteiger partial charge on any atom is 0.193 e. The van der Waals surface area contributed by atoms with Crippen LogP contribution >= 0.6 is 23.2 Å². The summed E-state index contributed by atoms with van der Waals surface area (Å²) < 4.78 is 0. The van der Waals surface area contributed by atoms with Crippen LogP contribution < -0.4 is 11.5 Å². The Morgan fingerprint density at radius 3 is 1.56 bits per heavy atom. The van der Waals surface area contributed by atoms with Crippen molar-refractivity contribution in [2.75, 3.05) is 11.5 Å². The monoisotopic (exact) mass is 280 g/mol. The Labute approximate surface area is 114 Å². The number of carbonyl (C=O) groups is 1. The van der Waals surface area contributed by atoms with Crippen molar-refractivity contribution in [2.24, 2.45) is 0 Å². The molecule has 0 unspecified atom stereocenters. The SMILES string of the molecule is Nc1ccc(C(=O)c2ccc(N)c(Cl)c2)cc1Cl. The van der Waals surface area contributed by atoms with Crippen LogP contribution in [0.4, 0.5) is 11.4 Å². The molecule has 5 heteroatoms. The van der Waals surface area contributed by atoms with Gasteiger partial charge in [-0.1, -0.05) is 23.2 Å². The molecule has 2 aromatic carbocycles. The van der Waals surface area contributed by atoms with Gasteiger partial charge in [-0.25, -0.2) is 0 Å². The standard InChI is InChI=1S/C13H10Cl2N2O/c14-9-5-7(1-3-11(9)16)13(18)8-2-4-12(17)10(15)6-8/h1-6H,16-17H2. The highest BCUT2D eigenvalue weighted by molar-refractivity contribution is 6.34. The van der Waals surface area contributed by atoms with Crippen molar-refractivity contribution in [2.45, 2.75) is 0 Å². The fourth-order valence-corrected chi connectivity index (χ4v) is 1.86. The Bertz CT molecular complexity index is 573. The first-order chi connectivity index (χ1) is 8.49. The van der Waals surface area contributed by atoms with Crippen LogP contribution in [0.25, 0.3) is 0 Å². The number of hydrogen-bond donors (Lipinski definition) is 2. The Morgan fingerprint density at radius 2 is 1.22 bits per heavy atom. The first-order valence-electron chi connectivity index (χ1n) is 5.14. The highest BCUT2D eigenvalue weighted by Gasteiger charge is 2.11. The van der Waals surface area contributed by atoms with E-state index in [4.69, 9.17) is 34.7 Å². The first-order valence-corrected chi connectivity index (χ1v) is 5.89. The number of nitrogen functional groups attached to an aromatic ring is 2. The summed E-state index contributed by atoms with van der Waals surface area (Å²) in [5, 5.41) is 0.699. The summed E-state index contributed by atoms with van der Waals surface area (Å²) in [6, 6.07) is 9.48. The molecule has 0 aliphatic heterocycles. The number of halogens is 2. The molecular formula is C13H10Cl2N2O. The lowest BCUT2D eigenvalue weighted by molar-refractivity contribution is 0.103. The molecule has 2 rings (SSSR count). The van der Waals surface area contributed by atoms with Crippen LogP contribution in [0.5, 0.6) is 0 Å². The smallest absolute Gasteiger partial charge is 0.193 e. The number of anilines is 2. The maximum atomic E-state index is 12.2. The zero-order valence-corrected chi connectivity index (χ0v) is 10.8. The number of rotatable bonds is 2. The molecule has 0 bridgehead atoms. The van der Waals surface area contributed by atoms with Crippen molar-refractivity contribution in [1.82, 2.24) is 0 Å². The fourth-order valence-electron chi connectivity index (χ4n) is 1.50. The minimum atomic E-state index is -0.182. The van der Waals surface area contributed by atoms with Crippen molar-refractivity contribution in [3.63, 3.8) is 0 Å². The van der Waals surface area contributed by atoms with Gasteiger partial charge in [-0.2, -0.15) is 0 Å². The van der Waals surface area contributed by atoms with Gasteiger partial charge in [-0.05, 0) is 36.4 Å². The molecule has 0 aromatic heterocycles. The molecule has 0 aliphatic carbocycles. The number of carbonyl (C=O) groups excluding carboxylic acids is 1. The summed E-state index contributed by atoms with van der Waals surface area (Å²) in [5.41, 5.74) is 13.0. The van der Waals surface area contributed by atoms with Crippen LogP contribution in [-0.2, 0) is 0 Å². The second-order valence-corrected chi connectivity index (χ2v) is 4.62. The van der Waals surface area contributed by atoms with Gasteiger partial charge in [0.1, 0.15) is 0 Å². The average Bonchev–Trinajstić information content (AvgIpc) is 2.35. The van der Waals surface area contributed by atoms with Crippen molar-refractivity contribution in [3.05, 3.63) is 57.6 Å². The summed E-state index contributed by atoms with van der Waals surface area (Å²) in [4.78, 5) is 12.2. The molecule has 0 heterocycles. The van der Waals surface area contributed by atoms with Crippen molar-refractivity contribution in [3.8, 4) is 0 Å². The first kappa shape index (κ1) is 12.7. The lowest BCUT2D eigenvalue weighted by atomic mass is 10.0. The van der Waals surface area contributed by atoms with Gasteiger partial charge < -0.3 is 11.5 Å². The highest BCUT2D eigenvalue weighted by atomic mass is 35.5. The van der Waals surface area contributed by atoms with E-state index < -0.39 is 0 Å². The number of hydrogen-bond acceptors (Lipinski definition) is 3. The Morgan fingerprint density at radius 1 is 0.833 bits per heavy atom. The Hall–Kier alpha value is -1.71. The molecule has 0 radical (unpaired) electrons. The third kappa shape index (κ3) is 2.42. The summed E-state index contributed by atoms with van der Waals surface area (Å²) in [6.45, 7) is 0. The van der Waals surface area contributed by atoms with Gasteiger partial charge in [0.25, 0.3) is 0 Å². The van der Waals surface area contributed by atoms with Crippen LogP contribution in [0.1, 0.15) is 15.9 Å². The predicted octanol–water partition coefficient (Wildman–Crippen LogP) is 3.39. The van der Waals surface area contributed by atoms with Crippen LogP contribution in [0, 0.1) is 0 Å². The largest absolute Gasteiger partial charge is 0.398 e. The second-order valence-electron chi connectivity index (χ2n) is 3.80. The van der Waals surface area contributed by atoms with E-state index in [0.29, 0.717) is 32.5 Å². The summed E-state index contributed by atoms with van der Waals surface area (Å²) in [5.74, 6) is -0.182. The van der Waals surface area contributed by atoms with Crippen LogP contribution in [0.15, 0.2) is 36.4 Å². The normalized spacial score (nSPS) is 10.3. The molecule has 0 aliphatic rings. The van der Waals surface area contributed by atoms with E-state index in [1.54, 1.807) is 24.3 Å². The zero-order chi connectivity index (χ0) is 13.3. The molecule has 0 atom stereocenters. The van der Waals surface area contributed by atoms with E-state index in [1.807, 2.05) is 0 Å². The molecule has 0 spiro atoms. The Balaban J connectivity index is 2.41. The van der Waals surface area contributed by atoms with E-state index in [2.05, 4.69) is 0 Å². The van der Waals surface area contributed by atoms with E-state index in [-0.39, 0.29) is 5.78 Å². The Kier molecular flexibility index (Phi) is 3.45. The number of ketones is 1. The van der Waals surface area contributed by atoms with Gasteiger partial charge in [-0.3, -0.25) is 4.79 Å². The third-order valence-corrected chi connectivity index (χ3v) is 3.18. The minimum Gasteiger partial charge on any atom is -0.398 e. The van der Waals surface area contributed by atoms with Crippen molar-refractivity contribution in [1.29, 1.82) is 0 Å². The molecular weight excluding hydrogens is 271 g/mol. The molecule has 0 amide bonds. The van der Waals surface area contributed by atoms with Crippen molar-refractivity contribution >= 4 is 40.4 Å². The van der Waals surface area contributed by atoms with Gasteiger partial charge in [0.15, 0.2) is 5.78 Å². The van der Waals surface area contributed by atoms with Gasteiger partial charge >= 0.3 is 0 Å². The van der Waals surface area contributed by atoms with Crippen LogP contribution in [-0.4, -0.2) is 5.78 Å². The van der Waals surface area contributed by atoms with Crippen LogP contribution in [0.3, 0.4) is 0 Å². The fraction of sp³-hybridized carbons (Fsp3) is 0. The number of benzene rings is 2. The van der Waals surface area contributed by atoms with E-state index in [9.17, 15) is 4.79 Å². The molecule has 92 valence electrons. The third-order valence-electron chi connectivity index (χ3n) is 2.53. The molecule has 3 nitrogen and oxygen atoms in total. The lowest BCUT2D eigenvalue weighted by Gasteiger charge is -2.05. The molecule has 2 aromatic rings. The van der Waals surface area contributed by atoms with Crippen molar-refractivity contribution < 1.29 is 4.79 Å². The minimum absolute atomic E-state index is 0.182. The molecule has 4 N–H and O–H groups in total. The zero-order valence-electron chi connectivity index (χ0n) is 9.28. The van der Waals surface area contributed by atoms with Crippen LogP contribution in [0.2, 0.25) is 10.0 Å². The molecule has 0 fully saturated rings. The molecule has 18 heavy (non-hydrogen) atoms. The van der Waals surface area contributed by atoms with Gasteiger partial charge in [0.2, 0.25) is 0 Å². The summed E-state index contributed by atoms with van der Waals surface area (Å²) in [6.07, 6.45) is 0. The summed E-state index contributed by atoms with van der Waals surface area (Å²) in [7, 11) is 0. The average molecular weight is 281 g/mol. The highest BCUT2D eigenvalue weighted by Crippen LogP contribution is 2.24. The van der Waals surface area contributed by atoms with E-state index >= 15 is 0 Å². The maximum absolute atomic E-state index is 12.2. The van der Waals surface area contributed by atoms with Gasteiger partial charge in [0.05, 0.1) is 21.4 Å². The lowest BCUT2D eigenvalue weighted by Crippen LogP contribution is -2.02. The second kappa shape index (κ2) is 4.88. The van der Waals surface area contributed by atoms with Gasteiger partial charge in [0, 0.05) is 11.1 Å². The van der Waals surface area contributed by atoms with E-state index in [0.717, 1.165) is 0 Å². The number of nitrogens with two attached hydrogens (primary N) is 2. The summed E-state index contributed by atoms with van der Waals surface area (Å²) >= 11 is 11.8. The predicted molar refractivity (Wildman–Crippen MR) is 75.2 cm³/mol. The quantitative estimate of drug-likeness (QED) is 0.654. The van der Waals surface area contributed by atoms with E-state index in [1.165, 1.54) is 12.1 Å². The van der Waals surface area contributed by atoms with Gasteiger partial charge in [-0.15, -0.1) is 0 Å².